The lowest BCUT2D eigenvalue weighted by Gasteiger charge is -2.31. The zero-order chi connectivity index (χ0) is 14.5. The molecular formula is C13H16N2O5. The van der Waals surface area contributed by atoms with Crippen molar-refractivity contribution in [1.82, 2.24) is 4.90 Å². The fraction of sp³-hybridized carbons (Fsp3) is 0.462. The van der Waals surface area contributed by atoms with Crippen LogP contribution in [0.5, 0.6) is 0 Å². The Balaban J connectivity index is 2.13. The monoisotopic (exact) mass is 280 g/mol. The van der Waals surface area contributed by atoms with Crippen molar-refractivity contribution in [3.8, 4) is 0 Å². The first-order valence-electron chi connectivity index (χ1n) is 6.36. The lowest BCUT2D eigenvalue weighted by Crippen LogP contribution is -2.48. The first-order valence-corrected chi connectivity index (χ1v) is 6.36. The number of morpholine rings is 1. The molecule has 0 bridgehead atoms. The summed E-state index contributed by atoms with van der Waals surface area (Å²) in [6.45, 7) is 2.15. The molecule has 0 saturated carbocycles. The van der Waals surface area contributed by atoms with E-state index in [0.717, 1.165) is 0 Å². The molecule has 1 atom stereocenters. The minimum Gasteiger partial charge on any atom is -0.480 e. The van der Waals surface area contributed by atoms with E-state index < -0.39 is 16.9 Å². The number of carboxylic acid groups (broad SMARTS) is 1. The highest BCUT2D eigenvalue weighted by molar-refractivity contribution is 5.74. The van der Waals surface area contributed by atoms with Crippen molar-refractivity contribution in [2.45, 2.75) is 12.5 Å². The van der Waals surface area contributed by atoms with E-state index in [1.54, 1.807) is 12.1 Å². The molecule has 1 fully saturated rings. The summed E-state index contributed by atoms with van der Waals surface area (Å²) in [6, 6.07) is 5.43. The number of rotatable bonds is 5. The molecule has 1 aliphatic heterocycles. The Hall–Kier alpha value is -1.99. The third-order valence-corrected chi connectivity index (χ3v) is 3.32. The second-order valence-electron chi connectivity index (χ2n) is 4.63. The third-order valence-electron chi connectivity index (χ3n) is 3.32. The number of carbonyl (C=O) groups is 1. The van der Waals surface area contributed by atoms with E-state index in [1.165, 1.54) is 12.1 Å². The molecule has 0 spiro atoms. The zero-order valence-electron chi connectivity index (χ0n) is 10.9. The number of nitrogens with zero attached hydrogens (tertiary/aromatic N) is 2. The van der Waals surface area contributed by atoms with Crippen molar-refractivity contribution in [3.63, 3.8) is 0 Å². The van der Waals surface area contributed by atoms with Gasteiger partial charge >= 0.3 is 5.97 Å². The van der Waals surface area contributed by atoms with E-state index in [9.17, 15) is 20.0 Å². The maximum atomic E-state index is 11.4. The van der Waals surface area contributed by atoms with Crippen LogP contribution >= 0.6 is 0 Å². The van der Waals surface area contributed by atoms with E-state index in [2.05, 4.69) is 0 Å². The highest BCUT2D eigenvalue weighted by atomic mass is 16.6. The topological polar surface area (TPSA) is 92.9 Å². The Morgan fingerprint density at radius 1 is 1.45 bits per heavy atom. The van der Waals surface area contributed by atoms with Gasteiger partial charge in [-0.1, -0.05) is 12.1 Å². The van der Waals surface area contributed by atoms with Gasteiger partial charge in [0.1, 0.15) is 6.04 Å². The Morgan fingerprint density at radius 2 is 2.15 bits per heavy atom. The van der Waals surface area contributed by atoms with Crippen LogP contribution in [0.3, 0.4) is 0 Å². The van der Waals surface area contributed by atoms with E-state index in [-0.39, 0.29) is 12.1 Å². The Morgan fingerprint density at radius 3 is 2.75 bits per heavy atom. The van der Waals surface area contributed by atoms with Gasteiger partial charge in [-0.3, -0.25) is 19.8 Å². The maximum absolute atomic E-state index is 11.4. The number of ether oxygens (including phenoxy) is 1. The predicted molar refractivity (Wildman–Crippen MR) is 70.6 cm³/mol. The summed E-state index contributed by atoms with van der Waals surface area (Å²) in [7, 11) is 0. The van der Waals surface area contributed by atoms with Crippen LogP contribution in [0.4, 0.5) is 5.69 Å². The van der Waals surface area contributed by atoms with Crippen molar-refractivity contribution < 1.29 is 19.6 Å². The van der Waals surface area contributed by atoms with Crippen molar-refractivity contribution in [2.24, 2.45) is 0 Å². The molecule has 0 unspecified atom stereocenters. The van der Waals surface area contributed by atoms with Gasteiger partial charge in [0, 0.05) is 25.2 Å². The van der Waals surface area contributed by atoms with Crippen LogP contribution in [0.15, 0.2) is 24.3 Å². The highest BCUT2D eigenvalue weighted by Crippen LogP contribution is 2.17. The summed E-state index contributed by atoms with van der Waals surface area (Å²) >= 11 is 0. The first-order chi connectivity index (χ1) is 9.58. The van der Waals surface area contributed by atoms with Gasteiger partial charge in [-0.2, -0.15) is 0 Å². The third kappa shape index (κ3) is 3.52. The molecule has 2 rings (SSSR count). The molecule has 1 heterocycles. The van der Waals surface area contributed by atoms with Crippen LogP contribution in [0.25, 0.3) is 0 Å². The Bertz CT molecular complexity index is 499. The molecule has 0 aromatic heterocycles. The van der Waals surface area contributed by atoms with E-state index in [0.29, 0.717) is 31.9 Å². The standard InChI is InChI=1S/C13H16N2O5/c16-13(17)12(14-4-6-20-7-5-14)9-10-2-1-3-11(8-10)15(18)19/h1-3,8,12H,4-7,9H2,(H,16,17)/t12-/m1/s1. The van der Waals surface area contributed by atoms with Crippen molar-refractivity contribution in [2.75, 3.05) is 26.3 Å². The number of nitro benzene ring substituents is 1. The molecule has 1 saturated heterocycles. The molecule has 0 radical (unpaired) electrons. The van der Waals surface area contributed by atoms with Gasteiger partial charge in [0.25, 0.3) is 5.69 Å². The molecule has 20 heavy (non-hydrogen) atoms. The number of aliphatic carboxylic acids is 1. The van der Waals surface area contributed by atoms with Crippen molar-refractivity contribution >= 4 is 11.7 Å². The van der Waals surface area contributed by atoms with Crippen molar-refractivity contribution in [1.29, 1.82) is 0 Å². The fourth-order valence-electron chi connectivity index (χ4n) is 2.28. The van der Waals surface area contributed by atoms with E-state index in [4.69, 9.17) is 4.74 Å². The van der Waals surface area contributed by atoms with E-state index >= 15 is 0 Å². The van der Waals surface area contributed by atoms with Gasteiger partial charge in [0.15, 0.2) is 0 Å². The minimum absolute atomic E-state index is 0.0198. The summed E-state index contributed by atoms with van der Waals surface area (Å²) in [6.07, 6.45) is 0.247. The average molecular weight is 280 g/mol. The number of benzene rings is 1. The Labute approximate surface area is 115 Å². The average Bonchev–Trinajstić information content (AvgIpc) is 2.45. The lowest BCUT2D eigenvalue weighted by molar-refractivity contribution is -0.384. The smallest absolute Gasteiger partial charge is 0.321 e. The molecular weight excluding hydrogens is 264 g/mol. The summed E-state index contributed by atoms with van der Waals surface area (Å²) in [5, 5.41) is 20.1. The Kier molecular flexibility index (Phi) is 4.65. The number of nitro groups is 1. The zero-order valence-corrected chi connectivity index (χ0v) is 10.9. The normalized spacial score (nSPS) is 17.6. The van der Waals surface area contributed by atoms with Gasteiger partial charge in [-0.25, -0.2) is 0 Å². The van der Waals surface area contributed by atoms with Gasteiger partial charge in [-0.05, 0) is 12.0 Å². The molecule has 1 aromatic carbocycles. The molecule has 7 nitrogen and oxygen atoms in total. The summed E-state index contributed by atoms with van der Waals surface area (Å²) in [5.41, 5.74) is 0.631. The van der Waals surface area contributed by atoms with Gasteiger partial charge in [0.05, 0.1) is 18.1 Å². The molecule has 1 aromatic rings. The molecule has 108 valence electrons. The van der Waals surface area contributed by atoms with Crippen LogP contribution in [0.2, 0.25) is 0 Å². The second-order valence-corrected chi connectivity index (χ2v) is 4.63. The number of hydrogen-bond donors (Lipinski definition) is 1. The lowest BCUT2D eigenvalue weighted by atomic mass is 10.0. The van der Waals surface area contributed by atoms with Gasteiger partial charge in [0.2, 0.25) is 0 Å². The fourth-order valence-corrected chi connectivity index (χ4v) is 2.28. The van der Waals surface area contributed by atoms with E-state index in [1.807, 2.05) is 4.90 Å². The largest absolute Gasteiger partial charge is 0.480 e. The molecule has 1 N–H and O–H groups in total. The van der Waals surface area contributed by atoms with Crippen LogP contribution < -0.4 is 0 Å². The van der Waals surface area contributed by atoms with Crippen LogP contribution in [0, 0.1) is 10.1 Å². The van der Waals surface area contributed by atoms with Crippen LogP contribution in [-0.2, 0) is 16.0 Å². The summed E-state index contributed by atoms with van der Waals surface area (Å²) in [4.78, 5) is 23.5. The number of hydrogen-bond acceptors (Lipinski definition) is 5. The first kappa shape index (κ1) is 14.4. The van der Waals surface area contributed by atoms with Gasteiger partial charge in [-0.15, -0.1) is 0 Å². The predicted octanol–water partition coefficient (Wildman–Crippen LogP) is 0.923. The number of non-ortho nitro benzene ring substituents is 1. The highest BCUT2D eigenvalue weighted by Gasteiger charge is 2.27. The SMILES string of the molecule is O=C(O)[C@@H](Cc1cccc([N+](=O)[O-])c1)N1CCOCC1. The van der Waals surface area contributed by atoms with Crippen molar-refractivity contribution in [3.05, 3.63) is 39.9 Å². The molecule has 1 aliphatic rings. The summed E-state index contributed by atoms with van der Waals surface area (Å²) in [5.74, 6) is -0.918. The maximum Gasteiger partial charge on any atom is 0.321 e. The second kappa shape index (κ2) is 6.44. The van der Waals surface area contributed by atoms with Gasteiger partial charge < -0.3 is 9.84 Å². The van der Waals surface area contributed by atoms with Crippen LogP contribution in [-0.4, -0.2) is 53.2 Å². The summed E-state index contributed by atoms with van der Waals surface area (Å²) < 4.78 is 5.21. The molecule has 0 aliphatic carbocycles. The quantitative estimate of drug-likeness (QED) is 0.637. The minimum atomic E-state index is -0.918. The van der Waals surface area contributed by atoms with Crippen LogP contribution in [0.1, 0.15) is 5.56 Å². The molecule has 7 heteroatoms. The number of carboxylic acids is 1. The molecule has 0 amide bonds.